The van der Waals surface area contributed by atoms with Crippen LogP contribution in [0.15, 0.2) is 29.1 Å². The van der Waals surface area contributed by atoms with E-state index in [9.17, 15) is 19.5 Å². The Labute approximate surface area is 264 Å². The Morgan fingerprint density at radius 1 is 1.14 bits per heavy atom. The van der Waals surface area contributed by atoms with Gasteiger partial charge in [0.1, 0.15) is 12.4 Å². The van der Waals surface area contributed by atoms with E-state index in [4.69, 9.17) is 28.2 Å². The van der Waals surface area contributed by atoms with Gasteiger partial charge in [0.2, 0.25) is 0 Å². The first-order chi connectivity index (χ1) is 24.6. The smallest absolute Gasteiger partial charge is 0.415 e. The summed E-state index contributed by atoms with van der Waals surface area (Å²) in [7, 11) is 0. The third kappa shape index (κ3) is 4.53. The fourth-order valence-electron chi connectivity index (χ4n) is 6.50. The number of piperidine rings is 2. The topological polar surface area (TPSA) is 114 Å². The van der Waals surface area contributed by atoms with Crippen molar-refractivity contribution in [3.8, 4) is 17.1 Å². The molecule has 10 heteroatoms. The van der Waals surface area contributed by atoms with Gasteiger partial charge in [0.15, 0.2) is 5.60 Å². The van der Waals surface area contributed by atoms with Crippen LogP contribution in [0.25, 0.3) is 22.3 Å². The number of ether oxygens (including phenoxy) is 2. The highest BCUT2D eigenvalue weighted by Crippen LogP contribution is 2.40. The van der Waals surface area contributed by atoms with E-state index in [1.54, 1.807) is 35.8 Å². The average Bonchev–Trinajstić information content (AvgIpc) is 3.46. The van der Waals surface area contributed by atoms with Crippen LogP contribution in [0.5, 0.6) is 5.75 Å². The molecule has 4 aliphatic heterocycles. The molecule has 1 atom stereocenters. The summed E-state index contributed by atoms with van der Waals surface area (Å²) in [5.41, 5.74) is 1.28. The Morgan fingerprint density at radius 2 is 1.91 bits per heavy atom. The van der Waals surface area contributed by atoms with Gasteiger partial charge in [-0.15, -0.1) is 0 Å². The number of pyridine rings is 2. The highest BCUT2D eigenvalue weighted by atomic mass is 16.6. The maximum Gasteiger partial charge on any atom is 0.415 e. The summed E-state index contributed by atoms with van der Waals surface area (Å²) < 4.78 is 95.3. The van der Waals surface area contributed by atoms with Crippen molar-refractivity contribution in [1.82, 2.24) is 19.4 Å². The number of nitrogens with zero attached hydrogens (tertiary/aromatic N) is 4. The van der Waals surface area contributed by atoms with Gasteiger partial charge in [0, 0.05) is 49.4 Å². The van der Waals surface area contributed by atoms with Crippen LogP contribution in [0.1, 0.15) is 88.2 Å². The van der Waals surface area contributed by atoms with Crippen LogP contribution >= 0.6 is 0 Å². The van der Waals surface area contributed by atoms with Gasteiger partial charge in [-0.2, -0.15) is 0 Å². The number of carbonyl (C=O) groups is 2. The maximum absolute atomic E-state index is 13.6. The molecule has 226 valence electrons. The van der Waals surface area contributed by atoms with Crippen molar-refractivity contribution in [1.29, 1.82) is 0 Å². The Morgan fingerprint density at radius 3 is 2.63 bits per heavy atom. The number of cyclic esters (lactones) is 1. The van der Waals surface area contributed by atoms with E-state index in [1.807, 2.05) is 6.92 Å². The molecule has 0 unspecified atom stereocenters. The number of aromatic nitrogens is 2. The normalized spacial score (nSPS) is 31.5. The van der Waals surface area contributed by atoms with Gasteiger partial charge < -0.3 is 28.9 Å². The van der Waals surface area contributed by atoms with Gasteiger partial charge in [-0.1, -0.05) is 20.2 Å². The van der Waals surface area contributed by atoms with Crippen molar-refractivity contribution >= 4 is 23.0 Å². The third-order valence-corrected chi connectivity index (χ3v) is 8.90. The van der Waals surface area contributed by atoms with Gasteiger partial charge in [-0.05, 0) is 81.3 Å². The number of carbonyl (C=O) groups excluding carboxylic acids is 2. The van der Waals surface area contributed by atoms with Crippen LogP contribution in [-0.4, -0.2) is 68.6 Å². The lowest BCUT2D eigenvalue weighted by Crippen LogP contribution is -2.48. The highest BCUT2D eigenvalue weighted by molar-refractivity contribution is 5.90. The van der Waals surface area contributed by atoms with E-state index in [0.717, 1.165) is 11.1 Å². The zero-order chi connectivity index (χ0) is 38.8. The number of likely N-dealkylation sites (tertiary alicyclic amines) is 2. The fraction of sp³-hybridized carbons (Fsp3) is 0.515. The highest BCUT2D eigenvalue weighted by Gasteiger charge is 2.45. The number of amides is 1. The molecule has 0 aliphatic carbocycles. The molecule has 2 aromatic heterocycles. The molecule has 2 fully saturated rings. The second-order valence-corrected chi connectivity index (χ2v) is 11.1. The fourth-order valence-corrected chi connectivity index (χ4v) is 6.50. The molecular formula is C33H38N4O6. The minimum atomic E-state index is -3.50. The number of hydrogen-bond donors (Lipinski definition) is 1. The van der Waals surface area contributed by atoms with Gasteiger partial charge >= 0.3 is 12.1 Å². The van der Waals surface area contributed by atoms with Crippen molar-refractivity contribution in [2.24, 2.45) is 0 Å². The Balaban J connectivity index is 1.13. The first-order valence-corrected chi connectivity index (χ1v) is 14.5. The van der Waals surface area contributed by atoms with E-state index in [2.05, 4.69) is 0 Å². The number of benzene rings is 1. The zero-order valence-corrected chi connectivity index (χ0v) is 23.8. The first-order valence-electron chi connectivity index (χ1n) is 19.5. The van der Waals surface area contributed by atoms with E-state index >= 15 is 0 Å². The third-order valence-electron chi connectivity index (χ3n) is 8.90. The van der Waals surface area contributed by atoms with E-state index < -0.39 is 55.8 Å². The molecule has 4 aliphatic rings. The van der Waals surface area contributed by atoms with Crippen molar-refractivity contribution < 1.29 is 37.9 Å². The molecule has 0 radical (unpaired) electrons. The van der Waals surface area contributed by atoms with Gasteiger partial charge in [0.25, 0.3) is 5.56 Å². The van der Waals surface area contributed by atoms with Gasteiger partial charge in [0.05, 0.1) is 29.0 Å². The van der Waals surface area contributed by atoms with Crippen molar-refractivity contribution in [2.75, 3.05) is 26.1 Å². The van der Waals surface area contributed by atoms with Gasteiger partial charge in [-0.3, -0.25) is 4.79 Å². The molecule has 10 nitrogen and oxygen atoms in total. The van der Waals surface area contributed by atoms with Crippen LogP contribution < -0.4 is 10.3 Å². The molecule has 7 rings (SSSR count). The quantitative estimate of drug-likeness (QED) is 0.351. The molecule has 6 heterocycles. The molecule has 0 spiro atoms. The minimum absolute atomic E-state index is 0.0171. The monoisotopic (exact) mass is 596 g/mol. The van der Waals surface area contributed by atoms with Crippen molar-refractivity contribution in [2.45, 2.75) is 83.4 Å². The molecule has 1 aromatic carbocycles. The summed E-state index contributed by atoms with van der Waals surface area (Å²) in [6, 6.07) is 5.48. The minimum Gasteiger partial charge on any atom is -0.458 e. The number of esters is 1. The van der Waals surface area contributed by atoms with Crippen LogP contribution in [0, 0.1) is 0 Å². The predicted octanol–water partition coefficient (Wildman–Crippen LogP) is 4.09. The number of fused-ring (bicyclic) bond motifs is 5. The first kappa shape index (κ1) is 18.8. The molecule has 0 saturated carbocycles. The summed E-state index contributed by atoms with van der Waals surface area (Å²) in [5, 5.41) is 11.9. The number of rotatable bonds is 4. The van der Waals surface area contributed by atoms with Crippen molar-refractivity contribution in [3.63, 3.8) is 0 Å². The average molecular weight is 597 g/mol. The summed E-state index contributed by atoms with van der Waals surface area (Å²) in [6.07, 6.45) is -10.6. The zero-order valence-electron chi connectivity index (χ0n) is 33.8. The second-order valence-electron chi connectivity index (χ2n) is 11.1. The van der Waals surface area contributed by atoms with Gasteiger partial charge in [-0.25, -0.2) is 14.6 Å². The summed E-state index contributed by atoms with van der Waals surface area (Å²) in [6.45, 7) is -3.02. The standard InChI is InChI=1S/C33H38N4O6/c1-3-22-23-16-21(43-32(40)36-14-10-20(11-15-36)35-12-6-5-7-13-35)8-9-27(23)34-29-24(22)18-37-28(29)17-26-25(30(37)38)19-42-31(39)33(26,41)4-2/h8-9,16-17,20,41H,3-7,10-15,18-19H2,1-2H3/t33-/m0/s1/i5D2,6D2,7D2,12D2,13D2. The van der Waals surface area contributed by atoms with Crippen LogP contribution in [-0.2, 0) is 34.7 Å². The maximum atomic E-state index is 13.6. The summed E-state index contributed by atoms with van der Waals surface area (Å²) in [5.74, 6) is -0.616. The SMILES string of the molecule is [2H]C1([2H])N(C2CCN(C(=O)Oc3ccc4nc5c(c(CC)c4c3)Cn3c-5cc4c(c3=O)COC(=O)[C@]4(O)CC)CC2)C([2H])([2H])C([2H])([2H])C([2H])([2H])C1([2H])[2H]. The van der Waals surface area contributed by atoms with E-state index in [0.29, 0.717) is 33.6 Å². The molecule has 2 saturated heterocycles. The second kappa shape index (κ2) is 10.7. The Kier molecular flexibility index (Phi) is 4.70. The lowest BCUT2D eigenvalue weighted by Gasteiger charge is -2.39. The Hall–Kier alpha value is -3.76. The molecular weight excluding hydrogens is 548 g/mol. The molecule has 3 aromatic rings. The number of aryl methyl sites for hydroxylation is 1. The largest absolute Gasteiger partial charge is 0.458 e. The Bertz CT molecular complexity index is 2110. The molecule has 1 amide bonds. The lowest BCUT2D eigenvalue weighted by atomic mass is 9.86. The number of aliphatic hydroxyl groups is 1. The predicted molar refractivity (Wildman–Crippen MR) is 160 cm³/mol. The van der Waals surface area contributed by atoms with E-state index in [-0.39, 0.29) is 67.9 Å². The van der Waals surface area contributed by atoms with Crippen LogP contribution in [0.2, 0.25) is 0 Å². The molecule has 1 N–H and O–H groups in total. The van der Waals surface area contributed by atoms with E-state index in [1.165, 1.54) is 4.90 Å². The van der Waals surface area contributed by atoms with Crippen LogP contribution in [0.3, 0.4) is 0 Å². The van der Waals surface area contributed by atoms with Crippen LogP contribution in [0.4, 0.5) is 4.79 Å². The number of hydrogen-bond acceptors (Lipinski definition) is 8. The summed E-state index contributed by atoms with van der Waals surface area (Å²) in [4.78, 5) is 46.2. The lowest BCUT2D eigenvalue weighted by molar-refractivity contribution is -0.172. The molecule has 0 bridgehead atoms. The summed E-state index contributed by atoms with van der Waals surface area (Å²) >= 11 is 0. The van der Waals surface area contributed by atoms with Crippen molar-refractivity contribution in [3.05, 3.63) is 56.9 Å². The molecule has 43 heavy (non-hydrogen) atoms.